The summed E-state index contributed by atoms with van der Waals surface area (Å²) in [7, 11) is 0. The SMILES string of the molecule is CCOC(=O)[C@H](CCc1ccccc1)N[C@H]1COc2ccccc2N(N(C(C)=O)[C@@H](Cc2ccccc2)C(=O)O)C1=O. The highest BCUT2D eigenvalue weighted by molar-refractivity contribution is 6.02. The van der Waals surface area contributed by atoms with Crippen LogP contribution in [0.1, 0.15) is 31.4 Å². The van der Waals surface area contributed by atoms with Gasteiger partial charge in [-0.25, -0.2) is 14.8 Å². The van der Waals surface area contributed by atoms with E-state index in [1.807, 2.05) is 36.4 Å². The summed E-state index contributed by atoms with van der Waals surface area (Å²) in [5, 5.41) is 15.4. The molecule has 0 saturated carbocycles. The number of aryl methyl sites for hydroxylation is 1. The zero-order valence-electron chi connectivity index (χ0n) is 23.6. The molecule has 0 bridgehead atoms. The molecule has 10 nitrogen and oxygen atoms in total. The standard InChI is InChI=1S/C32H35N3O7/c1-3-41-32(40)25(19-18-23-12-6-4-7-13-23)33-26-21-42-29-17-11-10-16-27(29)35(30(26)37)34(22(2)36)28(31(38)39)20-24-14-8-5-9-15-24/h4-17,25-26,28,33H,3,18-21H2,1-2H3,(H,38,39)/t25-,26-,28-/m0/s1. The number of fused-ring (bicyclic) bond motifs is 1. The minimum Gasteiger partial charge on any atom is -0.489 e. The molecule has 220 valence electrons. The predicted octanol–water partition coefficient (Wildman–Crippen LogP) is 3.39. The van der Waals surface area contributed by atoms with E-state index in [0.717, 1.165) is 15.6 Å². The largest absolute Gasteiger partial charge is 0.489 e. The number of hydrogen-bond donors (Lipinski definition) is 2. The van der Waals surface area contributed by atoms with E-state index >= 15 is 0 Å². The van der Waals surface area contributed by atoms with Crippen LogP contribution in [0.3, 0.4) is 0 Å². The molecule has 0 aromatic heterocycles. The number of amides is 2. The van der Waals surface area contributed by atoms with Crippen molar-refractivity contribution in [3.63, 3.8) is 0 Å². The van der Waals surface area contributed by atoms with Crippen molar-refractivity contribution < 1.29 is 33.8 Å². The van der Waals surface area contributed by atoms with Gasteiger partial charge in [0.1, 0.15) is 30.1 Å². The number of carboxylic acid groups (broad SMARTS) is 1. The number of carboxylic acids is 1. The first kappa shape index (κ1) is 30.3. The van der Waals surface area contributed by atoms with E-state index in [4.69, 9.17) is 9.47 Å². The molecule has 42 heavy (non-hydrogen) atoms. The van der Waals surface area contributed by atoms with E-state index in [1.54, 1.807) is 55.5 Å². The molecule has 4 rings (SSSR count). The number of anilines is 1. The quantitative estimate of drug-likeness (QED) is 0.316. The van der Waals surface area contributed by atoms with Crippen LogP contribution in [0.25, 0.3) is 0 Å². The number of para-hydroxylation sites is 2. The number of esters is 1. The topological polar surface area (TPSA) is 125 Å². The molecule has 3 aromatic carbocycles. The Bertz CT molecular complexity index is 1380. The lowest BCUT2D eigenvalue weighted by atomic mass is 10.0. The molecule has 10 heteroatoms. The summed E-state index contributed by atoms with van der Waals surface area (Å²) in [6.07, 6.45) is 0.839. The first-order chi connectivity index (χ1) is 20.3. The van der Waals surface area contributed by atoms with Crippen LogP contribution in [-0.4, -0.2) is 65.2 Å². The molecular weight excluding hydrogens is 538 g/mol. The lowest BCUT2D eigenvalue weighted by Crippen LogP contribution is -2.62. The van der Waals surface area contributed by atoms with Crippen molar-refractivity contribution in [1.82, 2.24) is 10.3 Å². The van der Waals surface area contributed by atoms with Gasteiger partial charge in [0, 0.05) is 13.3 Å². The van der Waals surface area contributed by atoms with E-state index in [9.17, 15) is 24.3 Å². The van der Waals surface area contributed by atoms with Gasteiger partial charge < -0.3 is 14.6 Å². The molecule has 1 aliphatic rings. The summed E-state index contributed by atoms with van der Waals surface area (Å²) < 4.78 is 11.3. The lowest BCUT2D eigenvalue weighted by molar-refractivity contribution is -0.152. The third-order valence-corrected chi connectivity index (χ3v) is 6.93. The van der Waals surface area contributed by atoms with E-state index in [0.29, 0.717) is 24.2 Å². The fraction of sp³-hybridized carbons (Fsp3) is 0.312. The van der Waals surface area contributed by atoms with Gasteiger partial charge in [-0.15, -0.1) is 0 Å². The fourth-order valence-electron chi connectivity index (χ4n) is 4.93. The van der Waals surface area contributed by atoms with Gasteiger partial charge in [0.15, 0.2) is 6.04 Å². The Morgan fingerprint density at radius 3 is 2.24 bits per heavy atom. The van der Waals surface area contributed by atoms with Gasteiger partial charge in [0.25, 0.3) is 5.91 Å². The second-order valence-corrected chi connectivity index (χ2v) is 9.88. The van der Waals surface area contributed by atoms with Gasteiger partial charge in [0.2, 0.25) is 5.91 Å². The molecule has 1 aliphatic heterocycles. The summed E-state index contributed by atoms with van der Waals surface area (Å²) in [4.78, 5) is 53.0. The molecule has 0 spiro atoms. The maximum absolute atomic E-state index is 14.3. The number of nitrogens with one attached hydrogen (secondary N) is 1. The maximum atomic E-state index is 14.3. The second-order valence-electron chi connectivity index (χ2n) is 9.88. The normalized spacial score (nSPS) is 15.9. The Morgan fingerprint density at radius 2 is 1.62 bits per heavy atom. The number of hydrazine groups is 1. The first-order valence-corrected chi connectivity index (χ1v) is 13.9. The van der Waals surface area contributed by atoms with Crippen LogP contribution >= 0.6 is 0 Å². The van der Waals surface area contributed by atoms with Crippen LogP contribution in [0.5, 0.6) is 5.75 Å². The maximum Gasteiger partial charge on any atom is 0.328 e. The Morgan fingerprint density at radius 1 is 1.00 bits per heavy atom. The molecular formula is C32H35N3O7. The molecule has 0 saturated heterocycles. The van der Waals surface area contributed by atoms with Crippen molar-refractivity contribution in [2.75, 3.05) is 18.2 Å². The van der Waals surface area contributed by atoms with Gasteiger partial charge in [-0.05, 0) is 43.0 Å². The van der Waals surface area contributed by atoms with Crippen LogP contribution < -0.4 is 15.1 Å². The van der Waals surface area contributed by atoms with Crippen molar-refractivity contribution in [2.45, 2.75) is 51.2 Å². The van der Waals surface area contributed by atoms with Crippen LogP contribution in [0.15, 0.2) is 84.9 Å². The van der Waals surface area contributed by atoms with Crippen molar-refractivity contribution in [3.8, 4) is 5.75 Å². The number of carbonyl (C=O) groups is 4. The van der Waals surface area contributed by atoms with Gasteiger partial charge in [-0.2, -0.15) is 0 Å². The molecule has 2 amide bonds. The number of benzene rings is 3. The predicted molar refractivity (Wildman–Crippen MR) is 156 cm³/mol. The zero-order chi connectivity index (χ0) is 30.1. The molecule has 0 radical (unpaired) electrons. The average Bonchev–Trinajstić information content (AvgIpc) is 3.12. The Hall–Kier alpha value is -4.70. The van der Waals surface area contributed by atoms with E-state index < -0.39 is 41.9 Å². The van der Waals surface area contributed by atoms with Crippen LogP contribution in [0.4, 0.5) is 5.69 Å². The number of aliphatic carboxylic acids is 1. The minimum atomic E-state index is -1.40. The molecule has 1 heterocycles. The first-order valence-electron chi connectivity index (χ1n) is 13.9. The highest BCUT2D eigenvalue weighted by Crippen LogP contribution is 2.34. The Kier molecular flexibility index (Phi) is 10.3. The van der Waals surface area contributed by atoms with E-state index in [1.165, 1.54) is 6.92 Å². The van der Waals surface area contributed by atoms with E-state index in [2.05, 4.69) is 5.32 Å². The minimum absolute atomic E-state index is 0.0385. The van der Waals surface area contributed by atoms with Gasteiger partial charge in [-0.3, -0.25) is 19.7 Å². The van der Waals surface area contributed by atoms with Crippen LogP contribution in [-0.2, 0) is 36.8 Å². The monoisotopic (exact) mass is 573 g/mol. The zero-order valence-corrected chi connectivity index (χ0v) is 23.6. The van der Waals surface area contributed by atoms with Gasteiger partial charge in [-0.1, -0.05) is 72.8 Å². The highest BCUT2D eigenvalue weighted by atomic mass is 16.5. The van der Waals surface area contributed by atoms with Crippen molar-refractivity contribution in [3.05, 3.63) is 96.1 Å². The van der Waals surface area contributed by atoms with Crippen LogP contribution in [0.2, 0.25) is 0 Å². The number of carbonyl (C=O) groups excluding carboxylic acids is 3. The highest BCUT2D eigenvalue weighted by Gasteiger charge is 2.42. The summed E-state index contributed by atoms with van der Waals surface area (Å²) in [5.41, 5.74) is 1.92. The molecule has 2 N–H and O–H groups in total. The van der Waals surface area contributed by atoms with Crippen molar-refractivity contribution in [1.29, 1.82) is 0 Å². The Labute approximate surface area is 244 Å². The molecule has 0 fully saturated rings. The Balaban J connectivity index is 1.69. The number of hydrogen-bond acceptors (Lipinski definition) is 7. The second kappa shape index (κ2) is 14.3. The van der Waals surface area contributed by atoms with Gasteiger partial charge >= 0.3 is 11.9 Å². The average molecular weight is 574 g/mol. The molecule has 3 aromatic rings. The number of rotatable bonds is 12. The molecule has 0 unspecified atom stereocenters. The summed E-state index contributed by atoms with van der Waals surface area (Å²) >= 11 is 0. The number of nitrogens with zero attached hydrogens (tertiary/aromatic N) is 2. The smallest absolute Gasteiger partial charge is 0.328 e. The summed E-state index contributed by atoms with van der Waals surface area (Å²) in [6.45, 7) is 2.92. The third kappa shape index (κ3) is 7.32. The van der Waals surface area contributed by atoms with Crippen LogP contribution in [0, 0.1) is 0 Å². The fourth-order valence-corrected chi connectivity index (χ4v) is 4.93. The number of ether oxygens (including phenoxy) is 2. The van der Waals surface area contributed by atoms with Crippen molar-refractivity contribution in [2.24, 2.45) is 0 Å². The summed E-state index contributed by atoms with van der Waals surface area (Å²) in [6, 6.07) is 21.7. The molecule has 3 atom stereocenters. The molecule has 0 aliphatic carbocycles. The summed E-state index contributed by atoms with van der Waals surface area (Å²) in [5.74, 6) is -2.79. The third-order valence-electron chi connectivity index (χ3n) is 6.93. The van der Waals surface area contributed by atoms with Gasteiger partial charge in [0.05, 0.1) is 6.61 Å². The lowest BCUT2D eigenvalue weighted by Gasteiger charge is -2.38. The van der Waals surface area contributed by atoms with E-state index in [-0.39, 0.29) is 25.3 Å². The van der Waals surface area contributed by atoms with Crippen molar-refractivity contribution >= 4 is 29.4 Å².